The minimum atomic E-state index is -0.258. The number of nitrogens with two attached hydrogens (primary N) is 1. The highest BCUT2D eigenvalue weighted by molar-refractivity contribution is 5.47. The molecule has 0 spiro atoms. The highest BCUT2D eigenvalue weighted by atomic mass is 15.1. The summed E-state index contributed by atoms with van der Waals surface area (Å²) in [6.07, 6.45) is 2.03. The lowest BCUT2D eigenvalue weighted by molar-refractivity contribution is 0.740. The molecule has 1 aromatic heterocycles. The van der Waals surface area contributed by atoms with E-state index in [0.717, 1.165) is 11.4 Å². The predicted octanol–water partition coefficient (Wildman–Crippen LogP) is 1.06. The number of nitriles is 1. The summed E-state index contributed by atoms with van der Waals surface area (Å²) in [6.45, 7) is 0. The zero-order chi connectivity index (χ0) is 10.6. The van der Waals surface area contributed by atoms with Crippen LogP contribution in [-0.4, -0.2) is 19.1 Å². The first kappa shape index (κ1) is 10.5. The van der Waals surface area contributed by atoms with Crippen LogP contribution in [0.3, 0.4) is 0 Å². The Bertz CT molecular complexity index is 340. The lowest BCUT2D eigenvalue weighted by atomic mass is 10.1. The summed E-state index contributed by atoms with van der Waals surface area (Å²) in [5.41, 5.74) is 6.77. The molecule has 1 atom stereocenters. The number of anilines is 1. The van der Waals surface area contributed by atoms with E-state index < -0.39 is 0 Å². The maximum atomic E-state index is 8.56. The van der Waals surface area contributed by atoms with Crippen LogP contribution in [-0.2, 0) is 0 Å². The third kappa shape index (κ3) is 2.21. The number of aromatic nitrogens is 1. The highest BCUT2D eigenvalue weighted by Gasteiger charge is 2.12. The Morgan fingerprint density at radius 2 is 2.36 bits per heavy atom. The van der Waals surface area contributed by atoms with Gasteiger partial charge < -0.3 is 10.6 Å². The van der Waals surface area contributed by atoms with Crippen LogP contribution in [0.2, 0.25) is 0 Å². The Morgan fingerprint density at radius 3 is 2.93 bits per heavy atom. The first-order valence-corrected chi connectivity index (χ1v) is 4.41. The predicted molar refractivity (Wildman–Crippen MR) is 55.7 cm³/mol. The van der Waals surface area contributed by atoms with Gasteiger partial charge >= 0.3 is 0 Å². The quantitative estimate of drug-likeness (QED) is 0.774. The Labute approximate surface area is 84.0 Å². The van der Waals surface area contributed by atoms with Gasteiger partial charge in [-0.15, -0.1) is 0 Å². The van der Waals surface area contributed by atoms with Crippen LogP contribution >= 0.6 is 0 Å². The molecule has 4 nitrogen and oxygen atoms in total. The minimum Gasteiger partial charge on any atom is -0.362 e. The monoisotopic (exact) mass is 190 g/mol. The van der Waals surface area contributed by atoms with Crippen molar-refractivity contribution in [3.8, 4) is 6.07 Å². The maximum Gasteiger partial charge on any atom is 0.132 e. The zero-order valence-corrected chi connectivity index (χ0v) is 8.44. The number of rotatable bonds is 3. The average Bonchev–Trinajstić information content (AvgIpc) is 2.18. The van der Waals surface area contributed by atoms with Gasteiger partial charge in [0.2, 0.25) is 0 Å². The second-order valence-corrected chi connectivity index (χ2v) is 3.28. The van der Waals surface area contributed by atoms with Crippen molar-refractivity contribution >= 4 is 5.82 Å². The molecule has 0 bridgehead atoms. The summed E-state index contributed by atoms with van der Waals surface area (Å²) >= 11 is 0. The van der Waals surface area contributed by atoms with E-state index in [2.05, 4.69) is 11.1 Å². The molecule has 0 aliphatic carbocycles. The molecular weight excluding hydrogens is 176 g/mol. The van der Waals surface area contributed by atoms with Gasteiger partial charge in [-0.05, 0) is 6.07 Å². The molecule has 0 aliphatic heterocycles. The van der Waals surface area contributed by atoms with Gasteiger partial charge in [-0.2, -0.15) is 5.26 Å². The topological polar surface area (TPSA) is 65.9 Å². The van der Waals surface area contributed by atoms with Crippen molar-refractivity contribution in [1.29, 1.82) is 5.26 Å². The summed E-state index contributed by atoms with van der Waals surface area (Å²) in [6, 6.07) is 5.54. The fourth-order valence-corrected chi connectivity index (χ4v) is 1.28. The highest BCUT2D eigenvalue weighted by Crippen LogP contribution is 2.22. The fourth-order valence-electron chi connectivity index (χ4n) is 1.28. The van der Waals surface area contributed by atoms with E-state index in [1.807, 2.05) is 31.1 Å². The van der Waals surface area contributed by atoms with E-state index in [4.69, 9.17) is 11.0 Å². The summed E-state index contributed by atoms with van der Waals surface area (Å²) in [7, 11) is 3.82. The van der Waals surface area contributed by atoms with E-state index in [1.54, 1.807) is 6.20 Å². The smallest absolute Gasteiger partial charge is 0.132 e. The van der Waals surface area contributed by atoms with Crippen LogP contribution in [0.15, 0.2) is 18.3 Å². The minimum absolute atomic E-state index is 0.258. The van der Waals surface area contributed by atoms with Crippen molar-refractivity contribution < 1.29 is 0 Å². The van der Waals surface area contributed by atoms with Crippen LogP contribution in [0.1, 0.15) is 18.0 Å². The van der Waals surface area contributed by atoms with Crippen LogP contribution in [0.5, 0.6) is 0 Å². The van der Waals surface area contributed by atoms with Gasteiger partial charge in [0.1, 0.15) is 5.82 Å². The van der Waals surface area contributed by atoms with Crippen LogP contribution in [0.4, 0.5) is 5.82 Å². The third-order valence-electron chi connectivity index (χ3n) is 1.95. The van der Waals surface area contributed by atoms with Crippen LogP contribution in [0.25, 0.3) is 0 Å². The van der Waals surface area contributed by atoms with Gasteiger partial charge in [-0.25, -0.2) is 4.98 Å². The molecule has 0 amide bonds. The van der Waals surface area contributed by atoms with Crippen LogP contribution in [0, 0.1) is 11.3 Å². The van der Waals surface area contributed by atoms with E-state index >= 15 is 0 Å². The fraction of sp³-hybridized carbons (Fsp3) is 0.400. The number of pyridine rings is 1. The van der Waals surface area contributed by atoms with Crippen molar-refractivity contribution in [2.75, 3.05) is 19.0 Å². The zero-order valence-electron chi connectivity index (χ0n) is 8.44. The van der Waals surface area contributed by atoms with E-state index in [-0.39, 0.29) is 6.04 Å². The van der Waals surface area contributed by atoms with Gasteiger partial charge in [-0.3, -0.25) is 0 Å². The molecule has 1 aromatic rings. The SMILES string of the molecule is CN(C)c1ncccc1[C@H](N)CC#N. The number of hydrogen-bond acceptors (Lipinski definition) is 4. The molecule has 0 radical (unpaired) electrons. The third-order valence-corrected chi connectivity index (χ3v) is 1.95. The van der Waals surface area contributed by atoms with Gasteiger partial charge in [0, 0.05) is 31.9 Å². The van der Waals surface area contributed by atoms with Crippen molar-refractivity contribution in [2.45, 2.75) is 12.5 Å². The van der Waals surface area contributed by atoms with Gasteiger partial charge in [0.05, 0.1) is 12.5 Å². The first-order valence-electron chi connectivity index (χ1n) is 4.41. The number of hydrogen-bond donors (Lipinski definition) is 1. The Kier molecular flexibility index (Phi) is 3.43. The lowest BCUT2D eigenvalue weighted by Crippen LogP contribution is -2.18. The summed E-state index contributed by atoms with van der Waals surface area (Å²) in [4.78, 5) is 6.11. The van der Waals surface area contributed by atoms with Crippen LogP contribution < -0.4 is 10.6 Å². The first-order chi connectivity index (χ1) is 6.66. The second kappa shape index (κ2) is 4.58. The van der Waals surface area contributed by atoms with Gasteiger partial charge in [-0.1, -0.05) is 6.07 Å². The Hall–Kier alpha value is -1.60. The maximum absolute atomic E-state index is 8.56. The molecule has 0 fully saturated rings. The van der Waals surface area contributed by atoms with E-state index in [0.29, 0.717) is 6.42 Å². The molecule has 1 rings (SSSR count). The van der Waals surface area contributed by atoms with Gasteiger partial charge in [0.15, 0.2) is 0 Å². The normalized spacial score (nSPS) is 11.9. The molecule has 1 heterocycles. The molecule has 0 saturated heterocycles. The van der Waals surface area contributed by atoms with Crippen molar-refractivity contribution in [2.24, 2.45) is 5.73 Å². The molecule has 0 aliphatic rings. The molecule has 0 aromatic carbocycles. The molecule has 0 saturated carbocycles. The molecule has 74 valence electrons. The Balaban J connectivity index is 3.01. The van der Waals surface area contributed by atoms with E-state index in [1.165, 1.54) is 0 Å². The molecule has 14 heavy (non-hydrogen) atoms. The average molecular weight is 190 g/mol. The largest absolute Gasteiger partial charge is 0.362 e. The Morgan fingerprint density at radius 1 is 1.64 bits per heavy atom. The molecule has 4 heteroatoms. The van der Waals surface area contributed by atoms with Gasteiger partial charge in [0.25, 0.3) is 0 Å². The standard InChI is InChI=1S/C10H14N4/c1-14(2)10-8(4-3-7-13-10)9(12)5-6-11/h3-4,7,9H,5,12H2,1-2H3/t9-/m1/s1. The van der Waals surface area contributed by atoms with Crippen molar-refractivity contribution in [3.05, 3.63) is 23.9 Å². The van der Waals surface area contributed by atoms with E-state index in [9.17, 15) is 0 Å². The van der Waals surface area contributed by atoms with Crippen molar-refractivity contribution in [3.63, 3.8) is 0 Å². The number of nitrogens with zero attached hydrogens (tertiary/aromatic N) is 3. The summed E-state index contributed by atoms with van der Waals surface area (Å²) < 4.78 is 0. The summed E-state index contributed by atoms with van der Waals surface area (Å²) in [5.74, 6) is 0.829. The second-order valence-electron chi connectivity index (χ2n) is 3.28. The molecule has 0 unspecified atom stereocenters. The summed E-state index contributed by atoms with van der Waals surface area (Å²) in [5, 5.41) is 8.56. The lowest BCUT2D eigenvalue weighted by Gasteiger charge is -2.18. The molecule has 2 N–H and O–H groups in total. The molecular formula is C10H14N4. The van der Waals surface area contributed by atoms with Crippen molar-refractivity contribution in [1.82, 2.24) is 4.98 Å².